The number of para-hydroxylation sites is 1. The van der Waals surface area contributed by atoms with E-state index < -0.39 is 0 Å². The van der Waals surface area contributed by atoms with Gasteiger partial charge in [-0.1, -0.05) is 12.1 Å². The highest BCUT2D eigenvalue weighted by Crippen LogP contribution is 2.32. The van der Waals surface area contributed by atoms with E-state index in [0.717, 1.165) is 32.3 Å². The van der Waals surface area contributed by atoms with E-state index in [2.05, 4.69) is 16.0 Å². The Morgan fingerprint density at radius 1 is 1.00 bits per heavy atom. The maximum absolute atomic E-state index is 12.6. The van der Waals surface area contributed by atoms with Crippen LogP contribution >= 0.6 is 11.3 Å². The minimum Gasteiger partial charge on any atom is -0.376 e. The van der Waals surface area contributed by atoms with Crippen LogP contribution in [-0.4, -0.2) is 37.0 Å². The number of ether oxygens (including phenoxy) is 1. The largest absolute Gasteiger partial charge is 0.376 e. The zero-order chi connectivity index (χ0) is 20.2. The van der Waals surface area contributed by atoms with Gasteiger partial charge in [0.1, 0.15) is 0 Å². The quantitative estimate of drug-likeness (QED) is 0.649. The summed E-state index contributed by atoms with van der Waals surface area (Å²) in [7, 11) is 0. The summed E-state index contributed by atoms with van der Waals surface area (Å²) in [6, 6.07) is 10.3. The molecule has 4 rings (SSSR count). The summed E-state index contributed by atoms with van der Waals surface area (Å²) in [5.41, 5.74) is 0.844. The Morgan fingerprint density at radius 3 is 2.59 bits per heavy atom. The zero-order valence-electron chi connectivity index (χ0n) is 15.9. The first kappa shape index (κ1) is 19.6. The van der Waals surface area contributed by atoms with Crippen LogP contribution in [0.15, 0.2) is 36.4 Å². The second-order valence-electron chi connectivity index (χ2n) is 7.27. The molecular weight excluding hydrogens is 390 g/mol. The summed E-state index contributed by atoms with van der Waals surface area (Å²) in [5.74, 6) is -0.456. The van der Waals surface area contributed by atoms with E-state index in [1.165, 1.54) is 11.3 Å². The molecular formula is C21H23N3O4S. The molecule has 152 valence electrons. The van der Waals surface area contributed by atoms with Crippen LogP contribution in [0.1, 0.15) is 45.7 Å². The van der Waals surface area contributed by atoms with Crippen molar-refractivity contribution in [2.24, 2.45) is 5.92 Å². The third-order valence-electron chi connectivity index (χ3n) is 4.96. The molecule has 3 amide bonds. The van der Waals surface area contributed by atoms with Gasteiger partial charge in [-0.3, -0.25) is 14.4 Å². The molecule has 1 saturated carbocycles. The first-order chi connectivity index (χ1) is 14.1. The lowest BCUT2D eigenvalue weighted by atomic mass is 10.1. The van der Waals surface area contributed by atoms with Gasteiger partial charge in [0, 0.05) is 19.1 Å². The smallest absolute Gasteiger partial charge is 0.265 e. The minimum atomic E-state index is -0.318. The van der Waals surface area contributed by atoms with Crippen LogP contribution in [0.25, 0.3) is 0 Å². The molecule has 1 atom stereocenters. The van der Waals surface area contributed by atoms with Gasteiger partial charge in [0.25, 0.3) is 11.8 Å². The van der Waals surface area contributed by atoms with E-state index in [-0.39, 0.29) is 29.7 Å². The number of benzene rings is 1. The van der Waals surface area contributed by atoms with Crippen molar-refractivity contribution in [2.45, 2.75) is 31.8 Å². The number of nitrogens with one attached hydrogen (secondary N) is 3. The van der Waals surface area contributed by atoms with Crippen molar-refractivity contribution in [1.82, 2.24) is 5.32 Å². The molecule has 7 nitrogen and oxygen atoms in total. The van der Waals surface area contributed by atoms with Crippen molar-refractivity contribution in [3.05, 3.63) is 46.8 Å². The van der Waals surface area contributed by atoms with Gasteiger partial charge in [0.2, 0.25) is 5.91 Å². The number of hydrogen-bond acceptors (Lipinski definition) is 5. The van der Waals surface area contributed by atoms with Gasteiger partial charge in [-0.05, 0) is 49.9 Å². The van der Waals surface area contributed by atoms with Crippen molar-refractivity contribution in [3.8, 4) is 0 Å². The molecule has 1 aliphatic carbocycles. The van der Waals surface area contributed by atoms with Gasteiger partial charge < -0.3 is 20.7 Å². The number of thiophene rings is 1. The lowest BCUT2D eigenvalue weighted by molar-refractivity contribution is -0.117. The molecule has 0 radical (unpaired) electrons. The highest BCUT2D eigenvalue weighted by molar-refractivity contribution is 7.18. The lowest BCUT2D eigenvalue weighted by Gasteiger charge is -2.13. The van der Waals surface area contributed by atoms with E-state index in [9.17, 15) is 14.4 Å². The Hall–Kier alpha value is -2.71. The summed E-state index contributed by atoms with van der Waals surface area (Å²) in [4.78, 5) is 37.5. The first-order valence-electron chi connectivity index (χ1n) is 9.81. The van der Waals surface area contributed by atoms with Gasteiger partial charge in [0.05, 0.1) is 27.2 Å². The number of hydrogen-bond donors (Lipinski definition) is 3. The molecule has 2 aliphatic rings. The molecule has 2 heterocycles. The van der Waals surface area contributed by atoms with E-state index in [4.69, 9.17) is 4.74 Å². The van der Waals surface area contributed by atoms with Crippen LogP contribution in [0.2, 0.25) is 0 Å². The number of anilines is 2. The standard InChI is InChI=1S/C21H23N3O4S/c25-19(13-7-8-13)24-18-10-9-17(29-18)21(27)23-16-6-2-1-5-15(16)20(26)22-12-14-4-3-11-28-14/h1-2,5-6,9-10,13-14H,3-4,7-8,11-12H2,(H,22,26)(H,23,27)(H,24,25). The Bertz CT molecular complexity index is 916. The van der Waals surface area contributed by atoms with Gasteiger partial charge in [-0.25, -0.2) is 0 Å². The Kier molecular flexibility index (Phi) is 5.92. The SMILES string of the molecule is O=C(Nc1ccccc1C(=O)NCC1CCCO1)c1ccc(NC(=O)C2CC2)s1. The predicted octanol–water partition coefficient (Wildman–Crippen LogP) is 3.26. The maximum atomic E-state index is 12.6. The van der Waals surface area contributed by atoms with Crippen LogP contribution < -0.4 is 16.0 Å². The maximum Gasteiger partial charge on any atom is 0.265 e. The third kappa shape index (κ3) is 5.02. The number of carbonyl (C=O) groups excluding carboxylic acids is 3. The monoisotopic (exact) mass is 413 g/mol. The van der Waals surface area contributed by atoms with Gasteiger partial charge in [-0.15, -0.1) is 11.3 Å². The summed E-state index contributed by atoms with van der Waals surface area (Å²) in [5, 5.41) is 9.17. The molecule has 1 aromatic carbocycles. The van der Waals surface area contributed by atoms with Crippen molar-refractivity contribution < 1.29 is 19.1 Å². The van der Waals surface area contributed by atoms with Crippen LogP contribution in [0, 0.1) is 5.92 Å². The molecule has 2 fully saturated rings. The number of rotatable bonds is 7. The second-order valence-corrected chi connectivity index (χ2v) is 8.36. The molecule has 8 heteroatoms. The zero-order valence-corrected chi connectivity index (χ0v) is 16.7. The van der Waals surface area contributed by atoms with E-state index in [1.807, 2.05) is 0 Å². The molecule has 1 aliphatic heterocycles. The second kappa shape index (κ2) is 8.75. The van der Waals surface area contributed by atoms with Gasteiger partial charge >= 0.3 is 0 Å². The van der Waals surface area contributed by atoms with Crippen LogP contribution in [0.3, 0.4) is 0 Å². The minimum absolute atomic E-state index is 0.00654. The Labute approximate surface area is 172 Å². The van der Waals surface area contributed by atoms with E-state index >= 15 is 0 Å². The van der Waals surface area contributed by atoms with Crippen LogP contribution in [0.4, 0.5) is 10.7 Å². The molecule has 0 bridgehead atoms. The molecule has 2 aromatic rings. The van der Waals surface area contributed by atoms with E-state index in [1.54, 1.807) is 36.4 Å². The molecule has 1 unspecified atom stereocenters. The Balaban J connectivity index is 1.38. The fourth-order valence-electron chi connectivity index (χ4n) is 3.18. The van der Waals surface area contributed by atoms with E-state index in [0.29, 0.717) is 27.7 Å². The third-order valence-corrected chi connectivity index (χ3v) is 5.96. The molecule has 1 saturated heterocycles. The first-order valence-corrected chi connectivity index (χ1v) is 10.6. The summed E-state index contributed by atoms with van der Waals surface area (Å²) in [6.07, 6.45) is 3.86. The van der Waals surface area contributed by atoms with Crippen LogP contribution in [0.5, 0.6) is 0 Å². The van der Waals surface area contributed by atoms with Crippen molar-refractivity contribution in [2.75, 3.05) is 23.8 Å². The van der Waals surface area contributed by atoms with Gasteiger partial charge in [-0.2, -0.15) is 0 Å². The molecule has 0 spiro atoms. The average Bonchev–Trinajstić information content (AvgIpc) is 3.25. The highest BCUT2D eigenvalue weighted by Gasteiger charge is 2.30. The molecule has 29 heavy (non-hydrogen) atoms. The lowest BCUT2D eigenvalue weighted by Crippen LogP contribution is -2.32. The fourth-order valence-corrected chi connectivity index (χ4v) is 3.98. The summed E-state index contributed by atoms with van der Waals surface area (Å²) in [6.45, 7) is 1.19. The van der Waals surface area contributed by atoms with Crippen molar-refractivity contribution in [3.63, 3.8) is 0 Å². The Morgan fingerprint density at radius 2 is 1.83 bits per heavy atom. The summed E-state index contributed by atoms with van der Waals surface area (Å²) >= 11 is 1.21. The fraction of sp³-hybridized carbons (Fsp3) is 0.381. The highest BCUT2D eigenvalue weighted by atomic mass is 32.1. The van der Waals surface area contributed by atoms with Crippen molar-refractivity contribution >= 4 is 39.7 Å². The van der Waals surface area contributed by atoms with Crippen molar-refractivity contribution in [1.29, 1.82) is 0 Å². The summed E-state index contributed by atoms with van der Waals surface area (Å²) < 4.78 is 5.53. The topological polar surface area (TPSA) is 96.5 Å². The number of carbonyl (C=O) groups is 3. The molecule has 1 aromatic heterocycles. The van der Waals surface area contributed by atoms with Gasteiger partial charge in [0.15, 0.2) is 0 Å². The average molecular weight is 413 g/mol. The molecule has 3 N–H and O–H groups in total. The normalized spacial score (nSPS) is 18.3. The van der Waals surface area contributed by atoms with Crippen LogP contribution in [-0.2, 0) is 9.53 Å². The number of amides is 3. The predicted molar refractivity (Wildman–Crippen MR) is 111 cm³/mol.